The van der Waals surface area contributed by atoms with Crippen LogP contribution in [-0.4, -0.2) is 37.1 Å². The molecule has 8 N–H and O–H groups in total. The standard InChI is InChI=1S/C12H26N4O5P/c13-7-3-1-5-9(15)11(17)20-22(19)21-12(18)10(16)6-2-4-8-14/h9-10H,1-8,13-16H2/q+1/t9-,10-/m0/s1. The maximum atomic E-state index is 11.5. The Hall–Kier alpha value is -1.12. The zero-order valence-electron chi connectivity index (χ0n) is 12.6. The normalized spacial score (nSPS) is 13.3. The van der Waals surface area contributed by atoms with E-state index in [4.69, 9.17) is 22.9 Å². The maximum absolute atomic E-state index is 11.5. The smallest absolute Gasteiger partial charge is 0.330 e. The minimum Gasteiger partial charge on any atom is -0.330 e. The molecular weight excluding hydrogens is 311 g/mol. The third-order valence-electron chi connectivity index (χ3n) is 2.87. The van der Waals surface area contributed by atoms with Crippen molar-refractivity contribution in [3.8, 4) is 0 Å². The quantitative estimate of drug-likeness (QED) is 0.274. The lowest BCUT2D eigenvalue weighted by atomic mass is 10.1. The van der Waals surface area contributed by atoms with Gasteiger partial charge in [0.05, 0.1) is 0 Å². The summed E-state index contributed by atoms with van der Waals surface area (Å²) in [4.78, 5) is 23.0. The van der Waals surface area contributed by atoms with E-state index < -0.39 is 32.3 Å². The van der Waals surface area contributed by atoms with Crippen LogP contribution in [0.4, 0.5) is 0 Å². The number of nitrogens with two attached hydrogens (primary N) is 4. The molecule has 128 valence electrons. The molecule has 0 amide bonds. The fraction of sp³-hybridized carbons (Fsp3) is 0.833. The summed E-state index contributed by atoms with van der Waals surface area (Å²) in [6.07, 6.45) is 3.45. The highest BCUT2D eigenvalue weighted by Gasteiger charge is 2.35. The summed E-state index contributed by atoms with van der Waals surface area (Å²) in [6, 6.07) is -1.86. The highest BCUT2D eigenvalue weighted by molar-refractivity contribution is 7.34. The van der Waals surface area contributed by atoms with E-state index in [0.717, 1.165) is 12.8 Å². The molecule has 0 saturated carbocycles. The molecule has 0 aromatic carbocycles. The van der Waals surface area contributed by atoms with Crippen molar-refractivity contribution in [3.05, 3.63) is 0 Å². The van der Waals surface area contributed by atoms with Gasteiger partial charge in [-0.05, 0) is 38.8 Å². The van der Waals surface area contributed by atoms with Gasteiger partial charge in [0, 0.05) is 4.57 Å². The molecule has 0 aliphatic carbocycles. The minimum atomic E-state index is -2.92. The van der Waals surface area contributed by atoms with Crippen molar-refractivity contribution in [1.29, 1.82) is 0 Å². The van der Waals surface area contributed by atoms with Gasteiger partial charge in [-0.1, -0.05) is 12.8 Å². The van der Waals surface area contributed by atoms with Gasteiger partial charge in [-0.2, -0.15) is 9.05 Å². The molecule has 0 unspecified atom stereocenters. The van der Waals surface area contributed by atoms with Gasteiger partial charge in [0.2, 0.25) is 0 Å². The van der Waals surface area contributed by atoms with E-state index in [1.165, 1.54) is 0 Å². The molecular formula is C12H26N4O5P+. The Morgan fingerprint density at radius 2 is 1.18 bits per heavy atom. The Kier molecular flexibility index (Phi) is 11.8. The average molecular weight is 337 g/mol. The number of unbranched alkanes of at least 4 members (excludes halogenated alkanes) is 2. The van der Waals surface area contributed by atoms with Crippen LogP contribution in [0.1, 0.15) is 38.5 Å². The number of carbonyl (C=O) groups excluding carboxylic acids is 2. The molecule has 0 fully saturated rings. The third-order valence-corrected chi connectivity index (χ3v) is 3.53. The van der Waals surface area contributed by atoms with Crippen molar-refractivity contribution in [2.45, 2.75) is 50.6 Å². The highest BCUT2D eigenvalue weighted by atomic mass is 31.1. The second-order valence-corrected chi connectivity index (χ2v) is 5.64. The molecule has 0 aliphatic rings. The first kappa shape index (κ1) is 20.9. The van der Waals surface area contributed by atoms with Crippen LogP contribution in [-0.2, 0) is 23.2 Å². The van der Waals surface area contributed by atoms with Gasteiger partial charge in [-0.15, -0.1) is 0 Å². The zero-order chi connectivity index (χ0) is 17.0. The van der Waals surface area contributed by atoms with E-state index in [2.05, 4.69) is 9.05 Å². The van der Waals surface area contributed by atoms with Crippen LogP contribution in [0.15, 0.2) is 0 Å². The van der Waals surface area contributed by atoms with Crippen LogP contribution < -0.4 is 22.9 Å². The molecule has 0 saturated heterocycles. The number of hydrogen-bond donors (Lipinski definition) is 4. The lowest BCUT2D eigenvalue weighted by molar-refractivity contribution is -0.139. The van der Waals surface area contributed by atoms with Crippen molar-refractivity contribution >= 4 is 20.2 Å². The van der Waals surface area contributed by atoms with Crippen LogP contribution in [0.25, 0.3) is 0 Å². The van der Waals surface area contributed by atoms with Crippen LogP contribution in [0, 0.1) is 0 Å². The average Bonchev–Trinajstić information content (AvgIpc) is 2.47. The number of rotatable bonds is 12. The monoisotopic (exact) mass is 337 g/mol. The lowest BCUT2D eigenvalue weighted by Gasteiger charge is -2.06. The topological polar surface area (TPSA) is 174 Å². The predicted octanol–water partition coefficient (Wildman–Crippen LogP) is -0.357. The van der Waals surface area contributed by atoms with Crippen molar-refractivity contribution in [1.82, 2.24) is 0 Å². The summed E-state index contributed by atoms with van der Waals surface area (Å²) < 4.78 is 20.4. The molecule has 0 bridgehead atoms. The molecule has 0 aromatic rings. The Balaban J connectivity index is 4.05. The minimum absolute atomic E-state index is 0.353. The Morgan fingerprint density at radius 3 is 1.50 bits per heavy atom. The second kappa shape index (κ2) is 12.4. The fourth-order valence-electron chi connectivity index (χ4n) is 1.55. The third kappa shape index (κ3) is 9.75. The van der Waals surface area contributed by atoms with Crippen LogP contribution in [0.5, 0.6) is 0 Å². The molecule has 0 heterocycles. The SMILES string of the molecule is NCCCC[C@H](N)C(=O)O[P+](=O)OC(=O)[C@@H](N)CCCCN. The summed E-state index contributed by atoms with van der Waals surface area (Å²) in [7, 11) is -2.92. The van der Waals surface area contributed by atoms with E-state index in [0.29, 0.717) is 38.8 Å². The summed E-state index contributed by atoms with van der Waals surface area (Å²) in [6.45, 7) is 0.991. The molecule has 0 rings (SSSR count). The van der Waals surface area contributed by atoms with Gasteiger partial charge in [0.1, 0.15) is 12.1 Å². The van der Waals surface area contributed by atoms with Crippen molar-refractivity contribution in [2.75, 3.05) is 13.1 Å². The Bertz CT molecular complexity index is 337. The summed E-state index contributed by atoms with van der Waals surface area (Å²) in [5, 5.41) is 0. The summed E-state index contributed by atoms with van der Waals surface area (Å²) >= 11 is 0. The van der Waals surface area contributed by atoms with Gasteiger partial charge in [-0.3, -0.25) is 0 Å². The van der Waals surface area contributed by atoms with Gasteiger partial charge < -0.3 is 22.9 Å². The molecule has 22 heavy (non-hydrogen) atoms. The van der Waals surface area contributed by atoms with E-state index in [-0.39, 0.29) is 0 Å². The van der Waals surface area contributed by atoms with Crippen molar-refractivity contribution < 1.29 is 23.2 Å². The van der Waals surface area contributed by atoms with Crippen LogP contribution >= 0.6 is 8.25 Å². The number of carbonyl (C=O) groups is 2. The first-order chi connectivity index (χ1) is 10.4. The number of hydrogen-bond acceptors (Lipinski definition) is 9. The van der Waals surface area contributed by atoms with E-state index in [9.17, 15) is 14.2 Å². The maximum Gasteiger partial charge on any atom is 0.811 e. The Labute approximate surface area is 131 Å². The molecule has 10 heteroatoms. The summed E-state index contributed by atoms with van der Waals surface area (Å²) in [5.41, 5.74) is 21.8. The van der Waals surface area contributed by atoms with Crippen LogP contribution in [0.2, 0.25) is 0 Å². The van der Waals surface area contributed by atoms with Gasteiger partial charge in [0.25, 0.3) is 0 Å². The van der Waals surface area contributed by atoms with E-state index >= 15 is 0 Å². The predicted molar refractivity (Wildman–Crippen MR) is 81.6 cm³/mol. The zero-order valence-corrected chi connectivity index (χ0v) is 13.5. The van der Waals surface area contributed by atoms with Gasteiger partial charge >= 0.3 is 20.2 Å². The molecule has 2 atom stereocenters. The van der Waals surface area contributed by atoms with Gasteiger partial charge in [-0.25, -0.2) is 9.59 Å². The highest BCUT2D eigenvalue weighted by Crippen LogP contribution is 2.26. The van der Waals surface area contributed by atoms with Crippen LogP contribution in [0.3, 0.4) is 0 Å². The first-order valence-corrected chi connectivity index (χ1v) is 8.34. The van der Waals surface area contributed by atoms with Crippen molar-refractivity contribution in [2.24, 2.45) is 22.9 Å². The van der Waals surface area contributed by atoms with E-state index in [1.54, 1.807) is 0 Å². The van der Waals surface area contributed by atoms with Crippen molar-refractivity contribution in [3.63, 3.8) is 0 Å². The largest absolute Gasteiger partial charge is 0.811 e. The fourth-order valence-corrected chi connectivity index (χ4v) is 2.16. The molecule has 9 nitrogen and oxygen atoms in total. The molecule has 0 spiro atoms. The first-order valence-electron chi connectivity index (χ1n) is 7.24. The Morgan fingerprint density at radius 1 is 0.818 bits per heavy atom. The molecule has 0 aromatic heterocycles. The van der Waals surface area contributed by atoms with E-state index in [1.807, 2.05) is 0 Å². The molecule has 0 radical (unpaired) electrons. The molecule has 0 aliphatic heterocycles. The summed E-state index contributed by atoms with van der Waals surface area (Å²) in [5.74, 6) is -1.77. The lowest BCUT2D eigenvalue weighted by Crippen LogP contribution is -2.33. The second-order valence-electron chi connectivity index (χ2n) is 4.83. The van der Waals surface area contributed by atoms with Gasteiger partial charge in [0.15, 0.2) is 0 Å².